The first-order valence-corrected chi connectivity index (χ1v) is 7.00. The molecule has 0 aliphatic carbocycles. The molecule has 2 heterocycles. The van der Waals surface area contributed by atoms with Crippen molar-refractivity contribution in [2.45, 2.75) is 25.7 Å². The Morgan fingerprint density at radius 3 is 2.68 bits per heavy atom. The molecule has 19 heavy (non-hydrogen) atoms. The van der Waals surface area contributed by atoms with Crippen molar-refractivity contribution in [2.75, 3.05) is 39.4 Å². The zero-order valence-electron chi connectivity index (χ0n) is 11.2. The van der Waals surface area contributed by atoms with Gasteiger partial charge in [-0.25, -0.2) is 4.79 Å². The van der Waals surface area contributed by atoms with E-state index in [9.17, 15) is 9.59 Å². The zero-order chi connectivity index (χ0) is 13.7. The number of likely N-dealkylation sites (tertiary alicyclic amines) is 1. The Morgan fingerprint density at radius 2 is 1.89 bits per heavy atom. The predicted molar refractivity (Wildman–Crippen MR) is 69.0 cm³/mol. The number of urea groups is 1. The minimum Gasteiger partial charge on any atom is -0.481 e. The first-order chi connectivity index (χ1) is 9.16. The molecular weight excluding hydrogens is 248 g/mol. The Hall–Kier alpha value is -1.30. The van der Waals surface area contributed by atoms with E-state index in [1.54, 1.807) is 0 Å². The summed E-state index contributed by atoms with van der Waals surface area (Å²) in [6, 6.07) is 0.0422. The second-order valence-electron chi connectivity index (χ2n) is 5.29. The number of nitrogens with zero attached hydrogens (tertiary/aromatic N) is 2. The fourth-order valence-corrected chi connectivity index (χ4v) is 2.79. The van der Waals surface area contributed by atoms with Crippen LogP contribution < -0.4 is 0 Å². The van der Waals surface area contributed by atoms with E-state index in [0.29, 0.717) is 26.3 Å². The first-order valence-electron chi connectivity index (χ1n) is 7.00. The van der Waals surface area contributed by atoms with Gasteiger partial charge in [0.1, 0.15) is 0 Å². The predicted octanol–water partition coefficient (Wildman–Crippen LogP) is 1.02. The third kappa shape index (κ3) is 4.09. The number of piperidine rings is 1. The Labute approximate surface area is 113 Å². The highest BCUT2D eigenvalue weighted by Crippen LogP contribution is 2.21. The monoisotopic (exact) mass is 270 g/mol. The number of hydrogen-bond acceptors (Lipinski definition) is 3. The Kier molecular flexibility index (Phi) is 5.01. The molecular formula is C13H22N2O4. The van der Waals surface area contributed by atoms with Gasteiger partial charge >= 0.3 is 12.0 Å². The lowest BCUT2D eigenvalue weighted by Gasteiger charge is -2.35. The van der Waals surface area contributed by atoms with Crippen LogP contribution in [0.5, 0.6) is 0 Å². The lowest BCUT2D eigenvalue weighted by Crippen LogP contribution is -2.48. The molecule has 0 bridgehead atoms. The molecule has 6 nitrogen and oxygen atoms in total. The first kappa shape index (κ1) is 14.1. The molecule has 2 fully saturated rings. The van der Waals surface area contributed by atoms with Crippen LogP contribution in [-0.4, -0.2) is 66.3 Å². The highest BCUT2D eigenvalue weighted by molar-refractivity contribution is 5.75. The van der Waals surface area contributed by atoms with Crippen molar-refractivity contribution in [3.8, 4) is 0 Å². The van der Waals surface area contributed by atoms with Crippen LogP contribution in [0.3, 0.4) is 0 Å². The van der Waals surface area contributed by atoms with Gasteiger partial charge in [0.2, 0.25) is 0 Å². The van der Waals surface area contributed by atoms with Crippen LogP contribution in [0.1, 0.15) is 25.7 Å². The fourth-order valence-electron chi connectivity index (χ4n) is 2.79. The summed E-state index contributed by atoms with van der Waals surface area (Å²) in [6.07, 6.45) is 2.83. The SMILES string of the molecule is O=C(O)CC1CCCN(C(=O)N2CCCOCC2)C1. The van der Waals surface area contributed by atoms with Gasteiger partial charge in [0.25, 0.3) is 0 Å². The van der Waals surface area contributed by atoms with Crippen LogP contribution in [0, 0.1) is 5.92 Å². The van der Waals surface area contributed by atoms with Crippen molar-refractivity contribution in [3.05, 3.63) is 0 Å². The minimum absolute atomic E-state index is 0.0422. The van der Waals surface area contributed by atoms with Gasteiger partial charge in [-0.3, -0.25) is 4.79 Å². The standard InChI is InChI=1S/C13H22N2O4/c16-12(17)9-11-3-1-4-15(10-11)13(18)14-5-2-7-19-8-6-14/h11H,1-10H2,(H,16,17). The van der Waals surface area contributed by atoms with Crippen LogP contribution in [0.2, 0.25) is 0 Å². The van der Waals surface area contributed by atoms with E-state index in [0.717, 1.165) is 32.4 Å². The van der Waals surface area contributed by atoms with Gasteiger partial charge in [0, 0.05) is 39.2 Å². The van der Waals surface area contributed by atoms with Gasteiger partial charge in [-0.2, -0.15) is 0 Å². The van der Waals surface area contributed by atoms with Crippen molar-refractivity contribution >= 4 is 12.0 Å². The lowest BCUT2D eigenvalue weighted by atomic mass is 9.95. The molecule has 0 aromatic carbocycles. The Bertz CT molecular complexity index is 327. The quantitative estimate of drug-likeness (QED) is 0.813. The molecule has 2 amide bonds. The van der Waals surface area contributed by atoms with Gasteiger partial charge in [0.05, 0.1) is 6.61 Å². The molecule has 2 aliphatic heterocycles. The summed E-state index contributed by atoms with van der Waals surface area (Å²) < 4.78 is 5.35. The molecule has 0 saturated carbocycles. The summed E-state index contributed by atoms with van der Waals surface area (Å²) in [5, 5.41) is 8.85. The topological polar surface area (TPSA) is 70.1 Å². The van der Waals surface area contributed by atoms with Crippen LogP contribution in [0.25, 0.3) is 0 Å². The molecule has 1 unspecified atom stereocenters. The highest BCUT2D eigenvalue weighted by Gasteiger charge is 2.28. The summed E-state index contributed by atoms with van der Waals surface area (Å²) in [4.78, 5) is 26.8. The van der Waals surface area contributed by atoms with Gasteiger partial charge in [-0.05, 0) is 25.2 Å². The number of carboxylic acids is 1. The van der Waals surface area contributed by atoms with E-state index in [1.807, 2.05) is 9.80 Å². The van der Waals surface area contributed by atoms with Gasteiger partial charge < -0.3 is 19.6 Å². The maximum Gasteiger partial charge on any atom is 0.320 e. The molecule has 2 aliphatic rings. The van der Waals surface area contributed by atoms with Gasteiger partial charge in [0.15, 0.2) is 0 Å². The van der Waals surface area contributed by atoms with Crippen LogP contribution >= 0.6 is 0 Å². The van der Waals surface area contributed by atoms with Crippen molar-refractivity contribution in [3.63, 3.8) is 0 Å². The molecule has 108 valence electrons. The maximum absolute atomic E-state index is 12.4. The van der Waals surface area contributed by atoms with Crippen molar-refractivity contribution < 1.29 is 19.4 Å². The van der Waals surface area contributed by atoms with Crippen molar-refractivity contribution in [1.29, 1.82) is 0 Å². The fraction of sp³-hybridized carbons (Fsp3) is 0.846. The van der Waals surface area contributed by atoms with E-state index >= 15 is 0 Å². The van der Waals surface area contributed by atoms with Crippen LogP contribution in [0.15, 0.2) is 0 Å². The van der Waals surface area contributed by atoms with E-state index in [2.05, 4.69) is 0 Å². The average molecular weight is 270 g/mol. The van der Waals surface area contributed by atoms with Crippen molar-refractivity contribution in [2.24, 2.45) is 5.92 Å². The minimum atomic E-state index is -0.775. The smallest absolute Gasteiger partial charge is 0.320 e. The maximum atomic E-state index is 12.4. The average Bonchev–Trinajstić information content (AvgIpc) is 2.66. The van der Waals surface area contributed by atoms with Gasteiger partial charge in [-0.1, -0.05) is 0 Å². The Balaban J connectivity index is 1.88. The lowest BCUT2D eigenvalue weighted by molar-refractivity contribution is -0.138. The van der Waals surface area contributed by atoms with E-state index in [1.165, 1.54) is 0 Å². The summed E-state index contributed by atoms with van der Waals surface area (Å²) in [5.74, 6) is -0.680. The molecule has 2 rings (SSSR count). The number of rotatable bonds is 2. The highest BCUT2D eigenvalue weighted by atomic mass is 16.5. The number of carbonyl (C=O) groups excluding carboxylic acids is 1. The number of ether oxygens (including phenoxy) is 1. The molecule has 6 heteroatoms. The molecule has 1 atom stereocenters. The van der Waals surface area contributed by atoms with Crippen LogP contribution in [-0.2, 0) is 9.53 Å². The second kappa shape index (κ2) is 6.75. The number of carboxylic acid groups (broad SMARTS) is 1. The molecule has 2 saturated heterocycles. The summed E-state index contributed by atoms with van der Waals surface area (Å²) >= 11 is 0. The van der Waals surface area contributed by atoms with Gasteiger partial charge in [-0.15, -0.1) is 0 Å². The summed E-state index contributed by atoms with van der Waals surface area (Å²) in [5.41, 5.74) is 0. The summed E-state index contributed by atoms with van der Waals surface area (Å²) in [7, 11) is 0. The largest absolute Gasteiger partial charge is 0.481 e. The van der Waals surface area contributed by atoms with Crippen LogP contribution in [0.4, 0.5) is 4.79 Å². The molecule has 0 radical (unpaired) electrons. The molecule has 0 spiro atoms. The Morgan fingerprint density at radius 1 is 1.11 bits per heavy atom. The third-order valence-corrected chi connectivity index (χ3v) is 3.75. The van der Waals surface area contributed by atoms with Crippen molar-refractivity contribution in [1.82, 2.24) is 9.80 Å². The van der Waals surface area contributed by atoms with E-state index < -0.39 is 5.97 Å². The zero-order valence-corrected chi connectivity index (χ0v) is 11.2. The summed E-state index contributed by atoms with van der Waals surface area (Å²) in [6.45, 7) is 4.00. The number of amides is 2. The number of hydrogen-bond donors (Lipinski definition) is 1. The van der Waals surface area contributed by atoms with E-state index in [4.69, 9.17) is 9.84 Å². The second-order valence-corrected chi connectivity index (χ2v) is 5.29. The molecule has 1 N–H and O–H groups in total. The normalized spacial score (nSPS) is 24.9. The number of aliphatic carboxylic acids is 1. The molecule has 0 aromatic heterocycles. The van der Waals surface area contributed by atoms with E-state index in [-0.39, 0.29) is 18.4 Å². The number of carbonyl (C=O) groups is 2. The molecule has 0 aromatic rings. The third-order valence-electron chi connectivity index (χ3n) is 3.75.